The maximum Gasteiger partial charge on any atom is 0.407 e. The summed E-state index contributed by atoms with van der Waals surface area (Å²) in [6, 6.07) is 17.2. The Balaban J connectivity index is 1.34. The number of para-hydroxylation sites is 2. The lowest BCUT2D eigenvalue weighted by Crippen LogP contribution is -2.76. The summed E-state index contributed by atoms with van der Waals surface area (Å²) in [5.41, 5.74) is 4.33. The average Bonchev–Trinajstić information content (AvgIpc) is 3.45. The van der Waals surface area contributed by atoms with E-state index < -0.39 is 5.60 Å². The zero-order valence-electron chi connectivity index (χ0n) is 23.9. The summed E-state index contributed by atoms with van der Waals surface area (Å²) in [6.45, 7) is 13.1. The molecular formula is C32H38N4O2S2+2. The van der Waals surface area contributed by atoms with Crippen LogP contribution < -0.4 is 20.1 Å². The Labute approximate surface area is 246 Å². The quantitative estimate of drug-likeness (QED) is 0.310. The van der Waals surface area contributed by atoms with Crippen LogP contribution in [0.5, 0.6) is 0 Å². The predicted octanol–water partition coefficient (Wildman–Crippen LogP) is 5.73. The van der Waals surface area contributed by atoms with Crippen LogP contribution in [0, 0.1) is 12.0 Å². The van der Waals surface area contributed by atoms with Gasteiger partial charge in [-0.15, -0.1) is 0 Å². The molecule has 1 aliphatic carbocycles. The molecule has 40 heavy (non-hydrogen) atoms. The van der Waals surface area contributed by atoms with E-state index in [2.05, 4.69) is 101 Å². The number of benzene rings is 2. The van der Waals surface area contributed by atoms with Crippen molar-refractivity contribution in [3.63, 3.8) is 0 Å². The van der Waals surface area contributed by atoms with E-state index in [0.717, 1.165) is 31.6 Å². The van der Waals surface area contributed by atoms with Crippen molar-refractivity contribution in [3.8, 4) is 0 Å². The van der Waals surface area contributed by atoms with Gasteiger partial charge >= 0.3 is 11.8 Å². The number of allylic oxidation sites excluding steroid dienone is 4. The highest BCUT2D eigenvalue weighted by Gasteiger charge is 2.45. The molecule has 0 spiro atoms. The van der Waals surface area contributed by atoms with E-state index in [9.17, 15) is 4.79 Å². The van der Waals surface area contributed by atoms with Crippen molar-refractivity contribution in [3.05, 3.63) is 82.4 Å². The topological polar surface area (TPSA) is 58.8 Å². The van der Waals surface area contributed by atoms with Crippen LogP contribution in [-0.2, 0) is 4.74 Å². The van der Waals surface area contributed by atoms with E-state index in [1.165, 1.54) is 36.9 Å². The van der Waals surface area contributed by atoms with Gasteiger partial charge in [0.25, 0.3) is 5.57 Å². The third-order valence-electron chi connectivity index (χ3n) is 6.73. The molecule has 3 aliphatic rings. The van der Waals surface area contributed by atoms with Crippen molar-refractivity contribution in [2.75, 3.05) is 36.0 Å². The lowest BCUT2D eigenvalue weighted by molar-refractivity contribution is -0.459. The molecule has 2 aromatic rings. The number of nitrogens with one attached hydrogen (secondary N) is 2. The monoisotopic (exact) mass is 574 g/mol. The Morgan fingerprint density at radius 2 is 1.60 bits per heavy atom. The largest absolute Gasteiger partial charge is 0.444 e. The van der Waals surface area contributed by atoms with Gasteiger partial charge in [-0.05, 0) is 65.0 Å². The van der Waals surface area contributed by atoms with E-state index in [0.29, 0.717) is 6.54 Å². The highest BCUT2D eigenvalue weighted by Crippen LogP contribution is 2.48. The average molecular weight is 575 g/mol. The Bertz CT molecular complexity index is 1390. The van der Waals surface area contributed by atoms with Crippen LogP contribution in [0.4, 0.5) is 16.2 Å². The van der Waals surface area contributed by atoms with Gasteiger partial charge in [-0.3, -0.25) is 0 Å². The van der Waals surface area contributed by atoms with Gasteiger partial charge in [0.05, 0.1) is 28.6 Å². The van der Waals surface area contributed by atoms with Crippen molar-refractivity contribution >= 4 is 46.7 Å². The zero-order valence-corrected chi connectivity index (χ0v) is 25.5. The normalized spacial score (nSPS) is 20.8. The summed E-state index contributed by atoms with van der Waals surface area (Å²) in [5.74, 6) is 0.0837. The minimum atomic E-state index is -0.498. The highest BCUT2D eigenvalue weighted by atomic mass is 32.2. The van der Waals surface area contributed by atoms with Gasteiger partial charge in [0.2, 0.25) is 5.92 Å². The van der Waals surface area contributed by atoms with E-state index in [-0.39, 0.29) is 12.0 Å². The number of thioether (sulfide) groups is 2. The molecule has 2 N–H and O–H groups in total. The first-order valence-corrected chi connectivity index (χ1v) is 15.6. The van der Waals surface area contributed by atoms with Crippen LogP contribution in [0.15, 0.2) is 86.1 Å². The number of ether oxygens (including phenoxy) is 1. The maximum absolute atomic E-state index is 12.0. The second-order valence-electron chi connectivity index (χ2n) is 10.8. The predicted molar refractivity (Wildman–Crippen MR) is 167 cm³/mol. The van der Waals surface area contributed by atoms with Crippen molar-refractivity contribution in [1.29, 1.82) is 0 Å². The second kappa shape index (κ2) is 12.1. The fourth-order valence-corrected chi connectivity index (χ4v) is 7.29. The number of alkyl carbamates (subject to hydrolysis) is 1. The molecule has 0 saturated carbocycles. The Morgan fingerprint density at radius 3 is 2.23 bits per heavy atom. The summed E-state index contributed by atoms with van der Waals surface area (Å²) < 4.78 is 5.36. The van der Waals surface area contributed by atoms with Gasteiger partial charge in [0, 0.05) is 35.8 Å². The SMILES string of the molecule is CCN1C(=CC2[C+]=C(/C=C3/Sc4ccccc4N3CC)C2=[NH+]CCCNC(=O)OC(C)(C)C)Sc2ccccc21. The molecule has 6 nitrogen and oxygen atoms in total. The third-order valence-corrected chi connectivity index (χ3v) is 8.98. The van der Waals surface area contributed by atoms with Crippen LogP contribution in [-0.4, -0.2) is 43.6 Å². The number of carbonyl (C=O) groups excluding carboxylic acids is 1. The summed E-state index contributed by atoms with van der Waals surface area (Å²) in [6.07, 6.45) is 8.71. The summed E-state index contributed by atoms with van der Waals surface area (Å²) in [7, 11) is 0. The molecule has 8 heteroatoms. The third kappa shape index (κ3) is 6.25. The molecule has 5 rings (SSSR count). The van der Waals surface area contributed by atoms with E-state index in [4.69, 9.17) is 4.74 Å². The smallest absolute Gasteiger partial charge is 0.407 e. The van der Waals surface area contributed by atoms with Crippen molar-refractivity contribution in [2.24, 2.45) is 5.92 Å². The van der Waals surface area contributed by atoms with E-state index >= 15 is 0 Å². The number of nitrogens with zero attached hydrogens (tertiary/aromatic N) is 2. The molecule has 1 amide bonds. The number of rotatable bonds is 8. The molecular weight excluding hydrogens is 537 g/mol. The number of fused-ring (bicyclic) bond motifs is 2. The van der Waals surface area contributed by atoms with Gasteiger partial charge in [-0.1, -0.05) is 47.8 Å². The summed E-state index contributed by atoms with van der Waals surface area (Å²) in [4.78, 5) is 23.0. The van der Waals surface area contributed by atoms with Crippen molar-refractivity contribution in [1.82, 2.24) is 5.32 Å². The van der Waals surface area contributed by atoms with Crippen LogP contribution in [0.1, 0.15) is 41.0 Å². The number of hydrogen-bond donors (Lipinski definition) is 2. The number of anilines is 2. The molecule has 0 bridgehead atoms. The van der Waals surface area contributed by atoms with E-state index in [1.807, 2.05) is 44.3 Å². The highest BCUT2D eigenvalue weighted by molar-refractivity contribution is 8.04. The van der Waals surface area contributed by atoms with Crippen LogP contribution in [0.2, 0.25) is 0 Å². The Morgan fingerprint density at radius 1 is 1.00 bits per heavy atom. The summed E-state index contributed by atoms with van der Waals surface area (Å²) in [5, 5.41) is 5.33. The van der Waals surface area contributed by atoms with Crippen molar-refractivity contribution in [2.45, 2.75) is 56.4 Å². The first-order valence-electron chi connectivity index (χ1n) is 14.0. The molecule has 208 valence electrons. The van der Waals surface area contributed by atoms with Gasteiger partial charge in [-0.2, -0.15) is 4.99 Å². The van der Waals surface area contributed by atoms with Crippen LogP contribution >= 0.6 is 23.5 Å². The number of hydrogen-bond acceptors (Lipinski definition) is 6. The first kappa shape index (κ1) is 28.3. The van der Waals surface area contributed by atoms with E-state index in [1.54, 1.807) is 0 Å². The lowest BCUT2D eigenvalue weighted by Gasteiger charge is -2.19. The Hall–Kier alpha value is -3.19. The molecule has 0 fully saturated rings. The molecule has 0 radical (unpaired) electrons. The van der Waals surface area contributed by atoms with Gasteiger partial charge in [0.15, 0.2) is 6.54 Å². The van der Waals surface area contributed by atoms with Crippen molar-refractivity contribution < 1.29 is 14.5 Å². The second-order valence-corrected chi connectivity index (χ2v) is 12.9. The summed E-state index contributed by atoms with van der Waals surface area (Å²) >= 11 is 3.64. The van der Waals surface area contributed by atoms with Crippen LogP contribution in [0.25, 0.3) is 0 Å². The fourth-order valence-electron chi connectivity index (χ4n) is 4.93. The number of amides is 1. The molecule has 2 aliphatic heterocycles. The molecule has 2 aromatic carbocycles. The minimum Gasteiger partial charge on any atom is -0.444 e. The van der Waals surface area contributed by atoms with Gasteiger partial charge in [-0.25, -0.2) is 4.79 Å². The molecule has 0 saturated heterocycles. The van der Waals surface area contributed by atoms with Crippen LogP contribution in [0.3, 0.4) is 0 Å². The lowest BCUT2D eigenvalue weighted by atomic mass is 9.83. The first-order chi connectivity index (χ1) is 19.3. The molecule has 1 unspecified atom stereocenters. The maximum atomic E-state index is 12.0. The fraction of sp³-hybridized carbons (Fsp3) is 0.375. The van der Waals surface area contributed by atoms with Gasteiger partial charge in [0.1, 0.15) is 10.6 Å². The number of carbonyl (C=O) groups is 1. The zero-order chi connectivity index (χ0) is 28.3. The standard InChI is InChI=1S/C32H36N4O2S2/c1-6-35-24-13-8-10-15-26(24)39-28(35)20-22-19-23(21-29-36(7-2)25-14-9-11-16-27(25)40-29)30(22)33-17-12-18-34-31(37)38-32(3,4)5/h8-11,13-16,20-22H,6-7,12,17-18H2,1-5H3/p+2/b28-20?,29-21+,33-30?. The molecule has 1 atom stereocenters. The molecule has 2 heterocycles. The van der Waals surface area contributed by atoms with Gasteiger partial charge < -0.3 is 19.9 Å². The molecule has 0 aromatic heterocycles. The minimum absolute atomic E-state index is 0.0837. The Kier molecular flexibility index (Phi) is 8.60.